The number of carbonyl (C=O) groups is 2. The largest absolute Gasteiger partial charge is 0.478 e. The van der Waals surface area contributed by atoms with Crippen LogP contribution < -0.4 is 10.6 Å². The Morgan fingerprint density at radius 2 is 1.95 bits per heavy atom. The number of amides is 1. The number of nitrogens with two attached hydrogens (primary N) is 1. The third-order valence-electron chi connectivity index (χ3n) is 2.84. The Morgan fingerprint density at radius 3 is 2.42 bits per heavy atom. The lowest BCUT2D eigenvalue weighted by Gasteiger charge is -2.24. The second kappa shape index (κ2) is 6.08. The molecule has 0 fully saturated rings. The van der Waals surface area contributed by atoms with Crippen molar-refractivity contribution in [2.45, 2.75) is 6.92 Å². The van der Waals surface area contributed by atoms with Gasteiger partial charge in [-0.25, -0.2) is 4.79 Å². The summed E-state index contributed by atoms with van der Waals surface area (Å²) < 4.78 is 0. The van der Waals surface area contributed by atoms with Crippen molar-refractivity contribution in [3.8, 4) is 0 Å². The number of aromatic carboxylic acids is 1. The second-order valence-electron chi connectivity index (χ2n) is 4.38. The third-order valence-corrected chi connectivity index (χ3v) is 2.84. The Kier molecular flexibility index (Phi) is 4.74. The molecule has 0 bridgehead atoms. The molecule has 0 heterocycles. The van der Waals surface area contributed by atoms with E-state index in [0.29, 0.717) is 12.2 Å². The molecule has 0 spiro atoms. The van der Waals surface area contributed by atoms with Gasteiger partial charge in [0.25, 0.3) is 0 Å². The zero-order valence-electron chi connectivity index (χ0n) is 11.4. The molecule has 19 heavy (non-hydrogen) atoms. The Balaban J connectivity index is 3.02. The molecule has 1 aromatic rings. The van der Waals surface area contributed by atoms with Crippen molar-refractivity contribution in [1.82, 2.24) is 4.90 Å². The van der Waals surface area contributed by atoms with Gasteiger partial charge in [0.1, 0.15) is 0 Å². The van der Waals surface area contributed by atoms with Crippen LogP contribution in [0, 0.1) is 0 Å². The third kappa shape index (κ3) is 3.61. The molecule has 6 nitrogen and oxygen atoms in total. The number of carbonyl (C=O) groups excluding carboxylic acids is 1. The Hall–Kier alpha value is -2.24. The maximum atomic E-state index is 11.7. The fourth-order valence-electron chi connectivity index (χ4n) is 1.62. The lowest BCUT2D eigenvalue weighted by Crippen LogP contribution is -2.36. The van der Waals surface area contributed by atoms with E-state index < -0.39 is 5.97 Å². The fourth-order valence-corrected chi connectivity index (χ4v) is 1.62. The smallest absolute Gasteiger partial charge is 0.337 e. The molecule has 0 aliphatic heterocycles. The van der Waals surface area contributed by atoms with E-state index in [9.17, 15) is 9.59 Å². The second-order valence-corrected chi connectivity index (χ2v) is 4.38. The van der Waals surface area contributed by atoms with Gasteiger partial charge in [-0.2, -0.15) is 0 Å². The quantitative estimate of drug-likeness (QED) is 0.772. The highest BCUT2D eigenvalue weighted by molar-refractivity contribution is 5.95. The SMILES string of the molecule is CCN(CC(=O)N(C)C)c1ccc(N)c(C(=O)O)c1. The van der Waals surface area contributed by atoms with Gasteiger partial charge < -0.3 is 20.6 Å². The van der Waals surface area contributed by atoms with Gasteiger partial charge >= 0.3 is 5.97 Å². The van der Waals surface area contributed by atoms with Crippen molar-refractivity contribution in [3.63, 3.8) is 0 Å². The van der Waals surface area contributed by atoms with E-state index in [1.54, 1.807) is 31.1 Å². The molecule has 0 radical (unpaired) electrons. The van der Waals surface area contributed by atoms with Crippen LogP contribution in [0.4, 0.5) is 11.4 Å². The average molecular weight is 265 g/mol. The van der Waals surface area contributed by atoms with Crippen molar-refractivity contribution < 1.29 is 14.7 Å². The Labute approximate surface area is 112 Å². The van der Waals surface area contributed by atoms with E-state index in [1.165, 1.54) is 11.0 Å². The summed E-state index contributed by atoms with van der Waals surface area (Å²) >= 11 is 0. The van der Waals surface area contributed by atoms with Gasteiger partial charge in [-0.3, -0.25) is 4.79 Å². The first kappa shape index (κ1) is 14.8. The lowest BCUT2D eigenvalue weighted by molar-refractivity contribution is -0.127. The summed E-state index contributed by atoms with van der Waals surface area (Å²) in [5.74, 6) is -1.12. The summed E-state index contributed by atoms with van der Waals surface area (Å²) in [6, 6.07) is 4.75. The minimum atomic E-state index is -1.07. The van der Waals surface area contributed by atoms with E-state index in [-0.39, 0.29) is 23.7 Å². The fraction of sp³-hybridized carbons (Fsp3) is 0.385. The monoisotopic (exact) mass is 265 g/mol. The topological polar surface area (TPSA) is 86.9 Å². The summed E-state index contributed by atoms with van der Waals surface area (Å²) in [6.45, 7) is 2.70. The zero-order chi connectivity index (χ0) is 14.6. The first-order chi connectivity index (χ1) is 8.86. The van der Waals surface area contributed by atoms with Crippen LogP contribution in [0.1, 0.15) is 17.3 Å². The number of carboxylic acids is 1. The van der Waals surface area contributed by atoms with Crippen molar-refractivity contribution in [3.05, 3.63) is 23.8 Å². The first-order valence-corrected chi connectivity index (χ1v) is 5.94. The molecular weight excluding hydrogens is 246 g/mol. The minimum absolute atomic E-state index is 0.0458. The van der Waals surface area contributed by atoms with Crippen molar-refractivity contribution in [2.24, 2.45) is 0 Å². The lowest BCUT2D eigenvalue weighted by atomic mass is 10.1. The van der Waals surface area contributed by atoms with Crippen molar-refractivity contribution in [1.29, 1.82) is 0 Å². The van der Waals surface area contributed by atoms with Crippen LogP contribution >= 0.6 is 0 Å². The first-order valence-electron chi connectivity index (χ1n) is 5.94. The summed E-state index contributed by atoms with van der Waals surface area (Å²) in [5.41, 5.74) is 6.54. The van der Waals surface area contributed by atoms with Gasteiger partial charge in [0.15, 0.2) is 0 Å². The van der Waals surface area contributed by atoms with Crippen LogP contribution in [0.2, 0.25) is 0 Å². The summed E-state index contributed by atoms with van der Waals surface area (Å²) in [5, 5.41) is 9.04. The number of anilines is 2. The van der Waals surface area contributed by atoms with Crippen LogP contribution in [-0.4, -0.2) is 49.1 Å². The van der Waals surface area contributed by atoms with E-state index in [4.69, 9.17) is 10.8 Å². The summed E-state index contributed by atoms with van der Waals surface area (Å²) in [7, 11) is 3.36. The zero-order valence-corrected chi connectivity index (χ0v) is 11.4. The van der Waals surface area contributed by atoms with E-state index >= 15 is 0 Å². The highest BCUT2D eigenvalue weighted by Gasteiger charge is 2.15. The molecule has 0 saturated carbocycles. The summed E-state index contributed by atoms with van der Waals surface area (Å²) in [6.07, 6.45) is 0. The number of nitrogen functional groups attached to an aromatic ring is 1. The number of nitrogens with zero attached hydrogens (tertiary/aromatic N) is 2. The number of benzene rings is 1. The van der Waals surface area contributed by atoms with E-state index in [2.05, 4.69) is 0 Å². The predicted octanol–water partition coefficient (Wildman–Crippen LogP) is 0.881. The number of hydrogen-bond acceptors (Lipinski definition) is 4. The van der Waals surface area contributed by atoms with Crippen LogP contribution in [0.3, 0.4) is 0 Å². The molecule has 104 valence electrons. The predicted molar refractivity (Wildman–Crippen MR) is 74.4 cm³/mol. The number of hydrogen-bond donors (Lipinski definition) is 2. The number of carboxylic acid groups (broad SMARTS) is 1. The molecule has 0 unspecified atom stereocenters. The van der Waals surface area contributed by atoms with Crippen LogP contribution in [0.25, 0.3) is 0 Å². The molecule has 1 aromatic carbocycles. The van der Waals surface area contributed by atoms with E-state index in [0.717, 1.165) is 0 Å². The van der Waals surface area contributed by atoms with Gasteiger partial charge in [-0.05, 0) is 25.1 Å². The van der Waals surface area contributed by atoms with Gasteiger partial charge in [0.2, 0.25) is 5.91 Å². The maximum Gasteiger partial charge on any atom is 0.337 e. The van der Waals surface area contributed by atoms with Crippen LogP contribution in [0.5, 0.6) is 0 Å². The molecule has 0 aliphatic carbocycles. The molecule has 0 atom stereocenters. The molecule has 0 saturated heterocycles. The minimum Gasteiger partial charge on any atom is -0.478 e. The van der Waals surface area contributed by atoms with Crippen LogP contribution in [-0.2, 0) is 4.79 Å². The molecule has 1 amide bonds. The average Bonchev–Trinajstić information content (AvgIpc) is 2.35. The molecule has 1 rings (SSSR count). The van der Waals surface area contributed by atoms with Gasteiger partial charge in [-0.1, -0.05) is 0 Å². The van der Waals surface area contributed by atoms with Gasteiger partial charge in [-0.15, -0.1) is 0 Å². The normalized spacial score (nSPS) is 10.1. The molecule has 0 aliphatic rings. The number of likely N-dealkylation sites (N-methyl/N-ethyl adjacent to an activating group) is 2. The standard InChI is InChI=1S/C13H19N3O3/c1-4-16(8-12(17)15(2)3)9-5-6-11(14)10(7-9)13(18)19/h5-7H,4,8,14H2,1-3H3,(H,18,19). The van der Waals surface area contributed by atoms with Crippen molar-refractivity contribution >= 4 is 23.3 Å². The molecular formula is C13H19N3O3. The van der Waals surface area contributed by atoms with Gasteiger partial charge in [0.05, 0.1) is 12.1 Å². The van der Waals surface area contributed by atoms with Crippen molar-refractivity contribution in [2.75, 3.05) is 37.8 Å². The highest BCUT2D eigenvalue weighted by Crippen LogP contribution is 2.21. The highest BCUT2D eigenvalue weighted by atomic mass is 16.4. The summed E-state index contributed by atoms with van der Waals surface area (Å²) in [4.78, 5) is 26.1. The molecule has 0 aromatic heterocycles. The van der Waals surface area contributed by atoms with Crippen LogP contribution in [0.15, 0.2) is 18.2 Å². The Morgan fingerprint density at radius 1 is 1.32 bits per heavy atom. The molecule has 6 heteroatoms. The Bertz CT molecular complexity index is 486. The number of rotatable bonds is 5. The maximum absolute atomic E-state index is 11.7. The van der Waals surface area contributed by atoms with E-state index in [1.807, 2.05) is 6.92 Å². The molecule has 3 N–H and O–H groups in total. The van der Waals surface area contributed by atoms with Gasteiger partial charge in [0, 0.05) is 32.0 Å².